The van der Waals surface area contributed by atoms with Gasteiger partial charge in [-0.1, -0.05) is 24.3 Å². The molecular formula is C20H19N3O4. The van der Waals surface area contributed by atoms with E-state index < -0.39 is 11.9 Å². The highest BCUT2D eigenvalue weighted by molar-refractivity contribution is 6.07. The second-order valence-electron chi connectivity index (χ2n) is 5.39. The molecule has 138 valence electrons. The molecule has 0 fully saturated rings. The second kappa shape index (κ2) is 9.63. The predicted molar refractivity (Wildman–Crippen MR) is 99.9 cm³/mol. The monoisotopic (exact) mass is 365 g/mol. The van der Waals surface area contributed by atoms with E-state index in [0.717, 1.165) is 5.56 Å². The molecule has 0 saturated heterocycles. The minimum absolute atomic E-state index is 0.0768. The third-order valence-electron chi connectivity index (χ3n) is 3.65. The zero-order valence-electron chi connectivity index (χ0n) is 15.0. The summed E-state index contributed by atoms with van der Waals surface area (Å²) in [5.74, 6) is -0.452. The van der Waals surface area contributed by atoms with E-state index in [-0.39, 0.29) is 5.57 Å². The molecule has 0 aliphatic rings. The van der Waals surface area contributed by atoms with E-state index in [9.17, 15) is 14.9 Å². The van der Waals surface area contributed by atoms with Crippen LogP contribution in [0.5, 0.6) is 5.75 Å². The number of nitrogens with one attached hydrogen (secondary N) is 2. The topological polar surface area (TPSA) is 100 Å². The SMILES string of the molecule is COC(=O)c1ccc(CN/C=C(/C#N)C(=O)Nc2ccccc2OC)cc1. The number of rotatable bonds is 7. The fraction of sp³-hybridized carbons (Fsp3) is 0.150. The number of esters is 1. The zero-order chi connectivity index (χ0) is 19.6. The number of para-hydroxylation sites is 2. The standard InChI is InChI=1S/C20H19N3O4/c1-26-18-6-4-3-5-17(18)23-19(24)16(11-21)13-22-12-14-7-9-15(10-8-14)20(25)27-2/h3-10,13,22H,12H2,1-2H3,(H,23,24)/b16-13-. The van der Waals surface area contributed by atoms with Gasteiger partial charge in [-0.3, -0.25) is 4.79 Å². The van der Waals surface area contributed by atoms with E-state index in [2.05, 4.69) is 15.4 Å². The van der Waals surface area contributed by atoms with Gasteiger partial charge >= 0.3 is 5.97 Å². The summed E-state index contributed by atoms with van der Waals surface area (Å²) in [6, 6.07) is 15.6. The summed E-state index contributed by atoms with van der Waals surface area (Å²) in [5, 5.41) is 14.8. The molecule has 2 aromatic carbocycles. The molecule has 0 saturated carbocycles. The van der Waals surface area contributed by atoms with E-state index in [1.807, 2.05) is 6.07 Å². The Morgan fingerprint density at radius 2 is 1.81 bits per heavy atom. The Morgan fingerprint density at radius 1 is 1.11 bits per heavy atom. The number of nitrogens with zero attached hydrogens (tertiary/aromatic N) is 1. The van der Waals surface area contributed by atoms with E-state index in [1.165, 1.54) is 20.4 Å². The Labute approximate surface area is 157 Å². The Bertz CT molecular complexity index is 883. The summed E-state index contributed by atoms with van der Waals surface area (Å²) in [6.45, 7) is 0.384. The van der Waals surface area contributed by atoms with Crippen LogP contribution in [-0.2, 0) is 16.1 Å². The van der Waals surface area contributed by atoms with Crippen LogP contribution in [0.1, 0.15) is 15.9 Å². The number of nitriles is 1. The minimum Gasteiger partial charge on any atom is -0.495 e. The van der Waals surface area contributed by atoms with Gasteiger partial charge in [0.25, 0.3) is 5.91 Å². The average molecular weight is 365 g/mol. The molecule has 0 spiro atoms. The second-order valence-corrected chi connectivity index (χ2v) is 5.39. The molecule has 0 atom stereocenters. The van der Waals surface area contributed by atoms with E-state index in [0.29, 0.717) is 23.5 Å². The van der Waals surface area contributed by atoms with Crippen LogP contribution in [0.4, 0.5) is 5.69 Å². The van der Waals surface area contributed by atoms with Gasteiger partial charge in [-0.25, -0.2) is 4.79 Å². The first-order chi connectivity index (χ1) is 13.1. The van der Waals surface area contributed by atoms with Gasteiger partial charge in [-0.15, -0.1) is 0 Å². The van der Waals surface area contributed by atoms with Gasteiger partial charge in [-0.05, 0) is 29.8 Å². The van der Waals surface area contributed by atoms with Crippen LogP contribution in [0.3, 0.4) is 0 Å². The molecular weight excluding hydrogens is 346 g/mol. The van der Waals surface area contributed by atoms with Crippen molar-refractivity contribution in [2.24, 2.45) is 0 Å². The average Bonchev–Trinajstić information content (AvgIpc) is 2.71. The maximum atomic E-state index is 12.3. The number of carbonyl (C=O) groups is 2. The maximum Gasteiger partial charge on any atom is 0.337 e. The number of methoxy groups -OCH3 is 2. The Balaban J connectivity index is 1.98. The lowest BCUT2D eigenvalue weighted by molar-refractivity contribution is -0.112. The molecule has 0 unspecified atom stereocenters. The van der Waals surface area contributed by atoms with Crippen LogP contribution in [0.2, 0.25) is 0 Å². The van der Waals surface area contributed by atoms with Crippen molar-refractivity contribution in [2.75, 3.05) is 19.5 Å². The van der Waals surface area contributed by atoms with Crippen LogP contribution in [0, 0.1) is 11.3 Å². The van der Waals surface area contributed by atoms with Crippen LogP contribution in [-0.4, -0.2) is 26.1 Å². The molecule has 2 rings (SSSR count). The largest absolute Gasteiger partial charge is 0.495 e. The van der Waals surface area contributed by atoms with Crippen molar-refractivity contribution >= 4 is 17.6 Å². The third kappa shape index (κ3) is 5.34. The number of hydrogen-bond acceptors (Lipinski definition) is 6. The Hall–Kier alpha value is -3.79. The normalized spacial score (nSPS) is 10.5. The fourth-order valence-corrected chi connectivity index (χ4v) is 2.23. The lowest BCUT2D eigenvalue weighted by Crippen LogP contribution is -2.17. The van der Waals surface area contributed by atoms with Crippen molar-refractivity contribution in [1.29, 1.82) is 5.26 Å². The molecule has 2 aromatic rings. The summed E-state index contributed by atoms with van der Waals surface area (Å²) in [6.07, 6.45) is 1.35. The van der Waals surface area contributed by atoms with Gasteiger partial charge in [0.05, 0.1) is 25.5 Å². The van der Waals surface area contributed by atoms with Gasteiger partial charge < -0.3 is 20.1 Å². The lowest BCUT2D eigenvalue weighted by atomic mass is 10.1. The first kappa shape index (κ1) is 19.5. The summed E-state index contributed by atoms with van der Waals surface area (Å²) in [5.41, 5.74) is 1.73. The fourth-order valence-electron chi connectivity index (χ4n) is 2.23. The van der Waals surface area contributed by atoms with Crippen molar-refractivity contribution in [3.05, 3.63) is 71.4 Å². The van der Waals surface area contributed by atoms with Crippen LogP contribution >= 0.6 is 0 Å². The molecule has 0 radical (unpaired) electrons. The van der Waals surface area contributed by atoms with Crippen LogP contribution in [0.15, 0.2) is 60.3 Å². The van der Waals surface area contributed by atoms with Gasteiger partial charge in [0.2, 0.25) is 0 Å². The molecule has 27 heavy (non-hydrogen) atoms. The van der Waals surface area contributed by atoms with Crippen molar-refractivity contribution in [1.82, 2.24) is 5.32 Å². The number of hydrogen-bond donors (Lipinski definition) is 2. The Morgan fingerprint density at radius 3 is 2.44 bits per heavy atom. The molecule has 0 aliphatic heterocycles. The Kier molecular flexibility index (Phi) is 6.97. The van der Waals surface area contributed by atoms with E-state index in [4.69, 9.17) is 4.74 Å². The highest BCUT2D eigenvalue weighted by Crippen LogP contribution is 2.23. The van der Waals surface area contributed by atoms with E-state index >= 15 is 0 Å². The van der Waals surface area contributed by atoms with Crippen LogP contribution < -0.4 is 15.4 Å². The number of ether oxygens (including phenoxy) is 2. The molecule has 0 bridgehead atoms. The molecule has 2 N–H and O–H groups in total. The number of carbonyl (C=O) groups excluding carboxylic acids is 2. The summed E-state index contributed by atoms with van der Waals surface area (Å²) < 4.78 is 9.81. The molecule has 7 heteroatoms. The summed E-state index contributed by atoms with van der Waals surface area (Å²) in [4.78, 5) is 23.7. The highest BCUT2D eigenvalue weighted by Gasteiger charge is 2.11. The van der Waals surface area contributed by atoms with Gasteiger partial charge in [0.15, 0.2) is 0 Å². The molecule has 7 nitrogen and oxygen atoms in total. The van der Waals surface area contributed by atoms with Gasteiger partial charge in [0.1, 0.15) is 17.4 Å². The highest BCUT2D eigenvalue weighted by atomic mass is 16.5. The maximum absolute atomic E-state index is 12.3. The van der Waals surface area contributed by atoms with Crippen molar-refractivity contribution in [3.63, 3.8) is 0 Å². The first-order valence-corrected chi connectivity index (χ1v) is 8.04. The predicted octanol–water partition coefficient (Wildman–Crippen LogP) is 2.62. The van der Waals surface area contributed by atoms with Crippen molar-refractivity contribution < 1.29 is 19.1 Å². The smallest absolute Gasteiger partial charge is 0.337 e. The summed E-state index contributed by atoms with van der Waals surface area (Å²) >= 11 is 0. The minimum atomic E-state index is -0.546. The molecule has 0 aliphatic carbocycles. The van der Waals surface area contributed by atoms with Crippen molar-refractivity contribution in [2.45, 2.75) is 6.54 Å². The first-order valence-electron chi connectivity index (χ1n) is 8.04. The number of benzene rings is 2. The van der Waals surface area contributed by atoms with Gasteiger partial charge in [-0.2, -0.15) is 5.26 Å². The summed E-state index contributed by atoms with van der Waals surface area (Å²) in [7, 11) is 2.82. The molecule has 1 amide bonds. The van der Waals surface area contributed by atoms with E-state index in [1.54, 1.807) is 48.5 Å². The third-order valence-corrected chi connectivity index (χ3v) is 3.65. The van der Waals surface area contributed by atoms with Crippen LogP contribution in [0.25, 0.3) is 0 Å². The zero-order valence-corrected chi connectivity index (χ0v) is 15.0. The van der Waals surface area contributed by atoms with Gasteiger partial charge in [0, 0.05) is 12.7 Å². The molecule has 0 aromatic heterocycles. The number of amides is 1. The van der Waals surface area contributed by atoms with Crippen molar-refractivity contribution in [3.8, 4) is 11.8 Å². The lowest BCUT2D eigenvalue weighted by Gasteiger charge is -2.09. The number of anilines is 1. The quantitative estimate of drug-likeness (QED) is 0.444. The molecule has 0 heterocycles.